The summed E-state index contributed by atoms with van der Waals surface area (Å²) in [6.45, 7) is 1.98. The zero-order valence-electron chi connectivity index (χ0n) is 11.8. The molecule has 3 atom stereocenters. The number of thioether (sulfide) groups is 1. The average molecular weight is 351 g/mol. The van der Waals surface area contributed by atoms with Crippen LogP contribution in [0.2, 0.25) is 5.15 Å². The van der Waals surface area contributed by atoms with Crippen molar-refractivity contribution < 1.29 is 14.4 Å². The molecular formula is C12H16ClFN4O3S. The Bertz CT molecular complexity index is 565. The number of aliphatic hydroxyl groups excluding tert-OH is 1. The summed E-state index contributed by atoms with van der Waals surface area (Å²) in [6, 6.07) is -0.733. The number of alkyl halides is 1. The van der Waals surface area contributed by atoms with Crippen LogP contribution in [0.5, 0.6) is 0 Å². The largest absolute Gasteiger partial charge is 0.390 e. The van der Waals surface area contributed by atoms with Crippen molar-refractivity contribution in [3.8, 4) is 0 Å². The van der Waals surface area contributed by atoms with Crippen LogP contribution in [0.15, 0.2) is 5.16 Å². The van der Waals surface area contributed by atoms with Crippen molar-refractivity contribution in [3.05, 3.63) is 15.3 Å². The van der Waals surface area contributed by atoms with Gasteiger partial charge in [0.1, 0.15) is 6.17 Å². The van der Waals surface area contributed by atoms with E-state index >= 15 is 0 Å². The van der Waals surface area contributed by atoms with Gasteiger partial charge in [-0.15, -0.1) is 0 Å². The molecule has 7 nitrogen and oxygen atoms in total. The first-order valence-corrected chi connectivity index (χ1v) is 8.23. The lowest BCUT2D eigenvalue weighted by Gasteiger charge is -2.17. The van der Waals surface area contributed by atoms with Gasteiger partial charge < -0.3 is 10.4 Å². The molecule has 122 valence electrons. The van der Waals surface area contributed by atoms with Crippen LogP contribution in [-0.4, -0.2) is 44.1 Å². The van der Waals surface area contributed by atoms with Gasteiger partial charge in [0.15, 0.2) is 5.16 Å². The average Bonchev–Trinajstić information content (AvgIpc) is 2.76. The lowest BCUT2D eigenvalue weighted by molar-refractivity contribution is -0.384. The third-order valence-electron chi connectivity index (χ3n) is 3.29. The van der Waals surface area contributed by atoms with Gasteiger partial charge in [-0.05, 0) is 19.3 Å². The Hall–Kier alpha value is -1.19. The van der Waals surface area contributed by atoms with E-state index in [1.54, 1.807) is 0 Å². The highest BCUT2D eigenvalue weighted by Gasteiger charge is 2.37. The summed E-state index contributed by atoms with van der Waals surface area (Å²) < 4.78 is 13.8. The first kappa shape index (κ1) is 17.2. The first-order chi connectivity index (χ1) is 10.4. The third-order valence-corrected chi connectivity index (χ3v) is 4.60. The smallest absolute Gasteiger partial charge is 0.348 e. The maximum atomic E-state index is 13.8. The quantitative estimate of drug-likeness (QED) is 0.267. The van der Waals surface area contributed by atoms with Crippen molar-refractivity contribution in [2.45, 2.75) is 49.7 Å². The van der Waals surface area contributed by atoms with Crippen molar-refractivity contribution in [1.29, 1.82) is 0 Å². The molecule has 1 heterocycles. The lowest BCUT2D eigenvalue weighted by Crippen LogP contribution is -2.31. The Morgan fingerprint density at radius 1 is 1.55 bits per heavy atom. The number of hydrogen-bond acceptors (Lipinski definition) is 7. The molecule has 22 heavy (non-hydrogen) atoms. The zero-order valence-corrected chi connectivity index (χ0v) is 13.4. The number of halogens is 2. The summed E-state index contributed by atoms with van der Waals surface area (Å²) in [5, 5.41) is 23.3. The zero-order chi connectivity index (χ0) is 16.3. The molecule has 2 rings (SSSR count). The van der Waals surface area contributed by atoms with Crippen molar-refractivity contribution in [2.75, 3.05) is 11.1 Å². The summed E-state index contributed by atoms with van der Waals surface area (Å²) in [5.41, 5.74) is -0.476. The Morgan fingerprint density at radius 2 is 2.27 bits per heavy atom. The predicted octanol–water partition coefficient (Wildman–Crippen LogP) is 2.81. The van der Waals surface area contributed by atoms with Crippen LogP contribution in [0, 0.1) is 10.1 Å². The van der Waals surface area contributed by atoms with Crippen LogP contribution in [0.3, 0.4) is 0 Å². The molecule has 0 spiro atoms. The molecule has 1 aliphatic carbocycles. The summed E-state index contributed by atoms with van der Waals surface area (Å²) in [5.74, 6) is 0.631. The van der Waals surface area contributed by atoms with E-state index in [9.17, 15) is 19.6 Å². The predicted molar refractivity (Wildman–Crippen MR) is 82.3 cm³/mol. The maximum Gasteiger partial charge on any atom is 0.348 e. The highest BCUT2D eigenvalue weighted by Crippen LogP contribution is 2.34. The molecule has 0 amide bonds. The standard InChI is InChI=1S/C12H16ClFN4O3S/c1-2-5-22-12-16-10(13)9(18(20)21)11(17-12)15-6-3-4-7(19)8(6)14/h6-8,19H,2-5H2,1H3,(H,15,16,17)/t6-,7+,8-/m0/s1. The van der Waals surface area contributed by atoms with E-state index in [1.165, 1.54) is 11.8 Å². The van der Waals surface area contributed by atoms with Gasteiger partial charge in [-0.25, -0.2) is 9.37 Å². The van der Waals surface area contributed by atoms with Crippen LogP contribution in [0.4, 0.5) is 15.9 Å². The van der Waals surface area contributed by atoms with Gasteiger partial charge in [0, 0.05) is 5.75 Å². The Morgan fingerprint density at radius 3 is 2.82 bits per heavy atom. The minimum absolute atomic E-state index is 0.106. The number of nitrogens with zero attached hydrogens (tertiary/aromatic N) is 3. The van der Waals surface area contributed by atoms with Crippen molar-refractivity contribution >= 4 is 34.9 Å². The monoisotopic (exact) mass is 350 g/mol. The fourth-order valence-corrected chi connectivity index (χ4v) is 3.18. The molecule has 1 saturated carbocycles. The van der Waals surface area contributed by atoms with Crippen molar-refractivity contribution in [3.63, 3.8) is 0 Å². The minimum Gasteiger partial charge on any atom is -0.390 e. The fourth-order valence-electron chi connectivity index (χ4n) is 2.19. The van der Waals surface area contributed by atoms with Crippen LogP contribution < -0.4 is 5.32 Å². The second-order valence-electron chi connectivity index (χ2n) is 4.94. The molecule has 10 heteroatoms. The second kappa shape index (κ2) is 7.38. The molecule has 0 bridgehead atoms. The Kier molecular flexibility index (Phi) is 5.76. The number of hydrogen-bond donors (Lipinski definition) is 2. The number of rotatable bonds is 6. The van der Waals surface area contributed by atoms with E-state index in [1.807, 2.05) is 6.92 Å². The van der Waals surface area contributed by atoms with E-state index < -0.39 is 28.9 Å². The van der Waals surface area contributed by atoms with Gasteiger partial charge in [-0.3, -0.25) is 10.1 Å². The molecule has 1 fully saturated rings. The molecule has 1 aromatic rings. The topological polar surface area (TPSA) is 101 Å². The van der Waals surface area contributed by atoms with Crippen LogP contribution in [0.25, 0.3) is 0 Å². The maximum absolute atomic E-state index is 13.8. The summed E-state index contributed by atoms with van der Waals surface area (Å²) >= 11 is 7.19. The van der Waals surface area contributed by atoms with E-state index in [2.05, 4.69) is 15.3 Å². The SMILES string of the molecule is CCCSc1nc(Cl)c([N+](=O)[O-])c(N[C@H]2CC[C@@H](O)[C@H]2F)n1. The Labute approximate surface area is 135 Å². The summed E-state index contributed by atoms with van der Waals surface area (Å²) in [4.78, 5) is 18.4. The lowest BCUT2D eigenvalue weighted by atomic mass is 10.2. The molecule has 1 aliphatic rings. The first-order valence-electron chi connectivity index (χ1n) is 6.87. The molecular weight excluding hydrogens is 335 g/mol. The summed E-state index contributed by atoms with van der Waals surface area (Å²) in [6.07, 6.45) is -1.03. The van der Waals surface area contributed by atoms with Crippen LogP contribution in [0.1, 0.15) is 26.2 Å². The number of aliphatic hydroxyl groups is 1. The second-order valence-corrected chi connectivity index (χ2v) is 6.36. The van der Waals surface area contributed by atoms with Gasteiger partial charge in [0.25, 0.3) is 0 Å². The van der Waals surface area contributed by atoms with Crippen molar-refractivity contribution in [1.82, 2.24) is 9.97 Å². The summed E-state index contributed by atoms with van der Waals surface area (Å²) in [7, 11) is 0. The molecule has 0 radical (unpaired) electrons. The normalized spacial score (nSPS) is 24.5. The molecule has 0 aliphatic heterocycles. The van der Waals surface area contributed by atoms with Gasteiger partial charge in [-0.1, -0.05) is 30.3 Å². The van der Waals surface area contributed by atoms with Crippen LogP contribution >= 0.6 is 23.4 Å². The molecule has 0 aromatic carbocycles. The van der Waals surface area contributed by atoms with E-state index in [0.717, 1.165) is 12.2 Å². The highest BCUT2D eigenvalue weighted by atomic mass is 35.5. The van der Waals surface area contributed by atoms with E-state index in [4.69, 9.17) is 11.6 Å². The van der Waals surface area contributed by atoms with Gasteiger partial charge >= 0.3 is 5.69 Å². The van der Waals surface area contributed by atoms with Crippen LogP contribution in [-0.2, 0) is 0 Å². The van der Waals surface area contributed by atoms with E-state index in [0.29, 0.717) is 18.0 Å². The molecule has 0 unspecified atom stereocenters. The highest BCUT2D eigenvalue weighted by molar-refractivity contribution is 7.99. The van der Waals surface area contributed by atoms with Gasteiger partial charge in [0.05, 0.1) is 17.1 Å². The molecule has 2 N–H and O–H groups in total. The number of nitro groups is 1. The van der Waals surface area contributed by atoms with E-state index in [-0.39, 0.29) is 11.0 Å². The van der Waals surface area contributed by atoms with Gasteiger partial charge in [0.2, 0.25) is 11.0 Å². The number of anilines is 1. The fraction of sp³-hybridized carbons (Fsp3) is 0.667. The number of nitrogens with one attached hydrogen (secondary N) is 1. The molecule has 0 saturated heterocycles. The minimum atomic E-state index is -1.50. The Balaban J connectivity index is 2.30. The number of aromatic nitrogens is 2. The third kappa shape index (κ3) is 3.76. The van der Waals surface area contributed by atoms with Crippen molar-refractivity contribution in [2.24, 2.45) is 0 Å². The van der Waals surface area contributed by atoms with Gasteiger partial charge in [-0.2, -0.15) is 4.98 Å². The molecule has 1 aromatic heterocycles.